The highest BCUT2D eigenvalue weighted by Gasteiger charge is 2.21. The van der Waals surface area contributed by atoms with E-state index in [4.69, 9.17) is 0 Å². The zero-order valence-corrected chi connectivity index (χ0v) is 13.8. The van der Waals surface area contributed by atoms with Crippen LogP contribution in [0.1, 0.15) is 66.2 Å². The van der Waals surface area contributed by atoms with Crippen molar-refractivity contribution in [3.63, 3.8) is 0 Å². The molecule has 1 heterocycles. The zero-order valence-electron chi connectivity index (χ0n) is 13.8. The molecule has 1 fully saturated rings. The third-order valence-electron chi connectivity index (χ3n) is 4.53. The molecule has 1 rings (SSSR count). The second kappa shape index (κ2) is 9.77. The van der Waals surface area contributed by atoms with Gasteiger partial charge in [0, 0.05) is 12.6 Å². The highest BCUT2D eigenvalue weighted by Crippen LogP contribution is 2.22. The number of nitrogens with one attached hydrogen (secondary N) is 1. The summed E-state index contributed by atoms with van der Waals surface area (Å²) in [5.74, 6) is 1.74. The molecule has 0 saturated carbocycles. The Kier molecular flexibility index (Phi) is 8.72. The minimum absolute atomic E-state index is 0.760. The lowest BCUT2D eigenvalue weighted by molar-refractivity contribution is 0.184. The lowest BCUT2D eigenvalue weighted by Crippen LogP contribution is -2.43. The van der Waals surface area contributed by atoms with Gasteiger partial charge in [-0.15, -0.1) is 0 Å². The first-order chi connectivity index (χ1) is 9.17. The van der Waals surface area contributed by atoms with Gasteiger partial charge in [0.05, 0.1) is 0 Å². The predicted molar refractivity (Wildman–Crippen MR) is 85.6 cm³/mol. The number of rotatable bonds is 8. The molecule has 1 aliphatic rings. The van der Waals surface area contributed by atoms with Crippen LogP contribution < -0.4 is 5.32 Å². The summed E-state index contributed by atoms with van der Waals surface area (Å²) in [5, 5.41) is 3.67. The summed E-state index contributed by atoms with van der Waals surface area (Å²) in [6.07, 6.45) is 8.30. The van der Waals surface area contributed by atoms with Crippen LogP contribution in [0.15, 0.2) is 0 Å². The van der Waals surface area contributed by atoms with Gasteiger partial charge >= 0.3 is 0 Å². The normalized spacial score (nSPS) is 23.5. The fourth-order valence-corrected chi connectivity index (χ4v) is 3.25. The molecule has 2 nitrogen and oxygen atoms in total. The summed E-state index contributed by atoms with van der Waals surface area (Å²) in [6.45, 7) is 14.3. The third kappa shape index (κ3) is 6.76. The first-order valence-corrected chi connectivity index (χ1v) is 8.62. The van der Waals surface area contributed by atoms with E-state index in [1.54, 1.807) is 0 Å². The molecule has 0 bridgehead atoms. The van der Waals surface area contributed by atoms with Crippen molar-refractivity contribution >= 4 is 0 Å². The third-order valence-corrected chi connectivity index (χ3v) is 4.53. The minimum atomic E-state index is 0.760. The highest BCUT2D eigenvalue weighted by atomic mass is 15.2. The molecule has 0 aromatic carbocycles. The van der Waals surface area contributed by atoms with Crippen molar-refractivity contribution in [3.8, 4) is 0 Å². The summed E-state index contributed by atoms with van der Waals surface area (Å²) < 4.78 is 0. The van der Waals surface area contributed by atoms with Crippen LogP contribution in [0.4, 0.5) is 0 Å². The Hall–Kier alpha value is -0.0800. The molecule has 0 aliphatic carbocycles. The van der Waals surface area contributed by atoms with E-state index in [1.807, 2.05) is 0 Å². The van der Waals surface area contributed by atoms with Gasteiger partial charge in [0.1, 0.15) is 0 Å². The average molecular weight is 268 g/mol. The van der Waals surface area contributed by atoms with Crippen molar-refractivity contribution in [3.05, 3.63) is 0 Å². The van der Waals surface area contributed by atoms with Crippen LogP contribution in [-0.4, -0.2) is 37.1 Å². The smallest absolute Gasteiger partial charge is 0.0220 e. The maximum absolute atomic E-state index is 3.67. The van der Waals surface area contributed by atoms with Gasteiger partial charge in [0.2, 0.25) is 0 Å². The Morgan fingerprint density at radius 2 is 1.89 bits per heavy atom. The molecule has 2 heteroatoms. The van der Waals surface area contributed by atoms with E-state index in [9.17, 15) is 0 Å². The molecule has 0 aromatic rings. The van der Waals surface area contributed by atoms with Gasteiger partial charge < -0.3 is 5.32 Å². The summed E-state index contributed by atoms with van der Waals surface area (Å²) >= 11 is 0. The van der Waals surface area contributed by atoms with E-state index < -0.39 is 0 Å². The predicted octanol–water partition coefficient (Wildman–Crippen LogP) is 3.91. The van der Waals surface area contributed by atoms with E-state index in [0.29, 0.717) is 0 Å². The molecule has 114 valence electrons. The van der Waals surface area contributed by atoms with E-state index in [1.165, 1.54) is 58.2 Å². The molecule has 1 aliphatic heterocycles. The van der Waals surface area contributed by atoms with Crippen molar-refractivity contribution in [2.45, 2.75) is 72.3 Å². The number of hydrogen-bond donors (Lipinski definition) is 1. The molecular formula is C17H36N2. The Balaban J connectivity index is 2.40. The van der Waals surface area contributed by atoms with Crippen LogP contribution in [-0.2, 0) is 0 Å². The van der Waals surface area contributed by atoms with Crippen LogP contribution in [0.3, 0.4) is 0 Å². The molecule has 1 saturated heterocycles. The summed E-state index contributed by atoms with van der Waals surface area (Å²) in [6, 6.07) is 0.763. The molecule has 2 unspecified atom stereocenters. The number of likely N-dealkylation sites (tertiary alicyclic amines) is 1. The van der Waals surface area contributed by atoms with E-state index in [-0.39, 0.29) is 0 Å². The minimum Gasteiger partial charge on any atom is -0.315 e. The molecule has 0 aromatic heterocycles. The van der Waals surface area contributed by atoms with Crippen LogP contribution in [0.5, 0.6) is 0 Å². The van der Waals surface area contributed by atoms with Crippen LogP contribution >= 0.6 is 0 Å². The SMILES string of the molecule is CCCC(CNCC(C)C)N1CCCC(CC)CC1. The number of hydrogen-bond acceptors (Lipinski definition) is 2. The first kappa shape index (κ1) is 17.0. The van der Waals surface area contributed by atoms with Gasteiger partial charge in [-0.2, -0.15) is 0 Å². The van der Waals surface area contributed by atoms with Crippen molar-refractivity contribution in [2.75, 3.05) is 26.2 Å². The van der Waals surface area contributed by atoms with E-state index in [0.717, 1.165) is 24.4 Å². The summed E-state index contributed by atoms with van der Waals surface area (Å²) in [7, 11) is 0. The molecule has 0 radical (unpaired) electrons. The summed E-state index contributed by atoms with van der Waals surface area (Å²) in [5.41, 5.74) is 0. The molecule has 1 N–H and O–H groups in total. The summed E-state index contributed by atoms with van der Waals surface area (Å²) in [4.78, 5) is 2.77. The van der Waals surface area contributed by atoms with Crippen molar-refractivity contribution in [1.29, 1.82) is 0 Å². The van der Waals surface area contributed by atoms with E-state index in [2.05, 4.69) is 37.9 Å². The Morgan fingerprint density at radius 1 is 1.11 bits per heavy atom. The van der Waals surface area contributed by atoms with Crippen LogP contribution in [0.2, 0.25) is 0 Å². The second-order valence-electron chi connectivity index (χ2n) is 6.74. The molecule has 19 heavy (non-hydrogen) atoms. The topological polar surface area (TPSA) is 15.3 Å². The Morgan fingerprint density at radius 3 is 2.53 bits per heavy atom. The molecule has 0 spiro atoms. The van der Waals surface area contributed by atoms with Gasteiger partial charge in [0.25, 0.3) is 0 Å². The monoisotopic (exact) mass is 268 g/mol. The molecule has 2 atom stereocenters. The quantitative estimate of drug-likeness (QED) is 0.718. The largest absolute Gasteiger partial charge is 0.315 e. The van der Waals surface area contributed by atoms with Gasteiger partial charge in [-0.25, -0.2) is 0 Å². The van der Waals surface area contributed by atoms with E-state index >= 15 is 0 Å². The van der Waals surface area contributed by atoms with Crippen LogP contribution in [0, 0.1) is 11.8 Å². The van der Waals surface area contributed by atoms with Crippen molar-refractivity contribution in [2.24, 2.45) is 11.8 Å². The van der Waals surface area contributed by atoms with Gasteiger partial charge in [-0.05, 0) is 57.2 Å². The Bertz CT molecular complexity index is 215. The van der Waals surface area contributed by atoms with Crippen molar-refractivity contribution < 1.29 is 0 Å². The highest BCUT2D eigenvalue weighted by molar-refractivity contribution is 4.78. The average Bonchev–Trinajstić information content (AvgIpc) is 2.62. The fourth-order valence-electron chi connectivity index (χ4n) is 3.25. The van der Waals surface area contributed by atoms with Crippen molar-refractivity contribution in [1.82, 2.24) is 10.2 Å². The lowest BCUT2D eigenvalue weighted by Gasteiger charge is -2.31. The Labute approximate surface area is 121 Å². The zero-order chi connectivity index (χ0) is 14.1. The fraction of sp³-hybridized carbons (Fsp3) is 1.00. The van der Waals surface area contributed by atoms with Crippen LogP contribution in [0.25, 0.3) is 0 Å². The van der Waals surface area contributed by atoms with Gasteiger partial charge in [0.15, 0.2) is 0 Å². The molecular weight excluding hydrogens is 232 g/mol. The molecule has 0 amide bonds. The first-order valence-electron chi connectivity index (χ1n) is 8.62. The lowest BCUT2D eigenvalue weighted by atomic mass is 9.98. The standard InChI is InChI=1S/C17H36N2/c1-5-8-17(14-18-13-15(3)4)19-11-7-9-16(6-2)10-12-19/h15-18H,5-14H2,1-4H3. The van der Waals surface area contributed by atoms with Gasteiger partial charge in [-0.1, -0.05) is 40.5 Å². The van der Waals surface area contributed by atoms with Gasteiger partial charge in [-0.3, -0.25) is 4.90 Å². The second-order valence-corrected chi connectivity index (χ2v) is 6.74. The maximum atomic E-state index is 3.67. The maximum Gasteiger partial charge on any atom is 0.0220 e. The number of nitrogens with zero attached hydrogens (tertiary/aromatic N) is 1.